The normalized spacial score (nSPS) is 10.6. The number of rotatable bonds is 5. The van der Waals surface area contributed by atoms with Crippen LogP contribution >= 0.6 is 0 Å². The highest BCUT2D eigenvalue weighted by Gasteiger charge is 1.98. The molecule has 0 spiro atoms. The van der Waals surface area contributed by atoms with E-state index in [0.717, 1.165) is 17.7 Å². The first-order valence-corrected chi connectivity index (χ1v) is 5.10. The topological polar surface area (TPSA) is 59.1 Å². The highest BCUT2D eigenvalue weighted by atomic mass is 16.5. The molecule has 0 saturated carbocycles. The molecule has 0 heterocycles. The molecule has 1 aromatic carbocycles. The lowest BCUT2D eigenvalue weighted by atomic mass is 10.1. The highest BCUT2D eigenvalue weighted by Crippen LogP contribution is 2.06. The molecular weight excluding hydrogens is 188 g/mol. The molecule has 0 atom stereocenters. The monoisotopic (exact) mass is 206 g/mol. The molecule has 0 aliphatic rings. The average molecular weight is 206 g/mol. The van der Waals surface area contributed by atoms with E-state index in [1.54, 1.807) is 0 Å². The first-order valence-electron chi connectivity index (χ1n) is 5.10. The largest absolute Gasteiger partial charge is 0.384 e. The van der Waals surface area contributed by atoms with Crippen molar-refractivity contribution in [3.05, 3.63) is 35.4 Å². The van der Waals surface area contributed by atoms with Gasteiger partial charge in [-0.05, 0) is 11.5 Å². The van der Waals surface area contributed by atoms with Gasteiger partial charge in [-0.25, -0.2) is 0 Å². The molecular formula is C12H18N2O. The summed E-state index contributed by atoms with van der Waals surface area (Å²) in [5.74, 6) is 0.658. The first kappa shape index (κ1) is 11.7. The third kappa shape index (κ3) is 4.13. The summed E-state index contributed by atoms with van der Waals surface area (Å²) in [6.45, 7) is 5.64. The van der Waals surface area contributed by atoms with Crippen LogP contribution in [-0.4, -0.2) is 12.4 Å². The van der Waals surface area contributed by atoms with E-state index in [0.29, 0.717) is 12.5 Å². The Bertz CT molecular complexity index is 317. The molecule has 82 valence electrons. The zero-order chi connectivity index (χ0) is 11.3. The Morgan fingerprint density at radius 3 is 2.40 bits per heavy atom. The van der Waals surface area contributed by atoms with Gasteiger partial charge in [-0.1, -0.05) is 38.1 Å². The molecule has 3 nitrogen and oxygen atoms in total. The molecule has 0 aliphatic heterocycles. The number of benzene rings is 1. The van der Waals surface area contributed by atoms with Crippen LogP contribution in [0.5, 0.6) is 0 Å². The Morgan fingerprint density at radius 2 is 1.93 bits per heavy atom. The van der Waals surface area contributed by atoms with Crippen LogP contribution < -0.4 is 5.73 Å². The molecule has 0 saturated heterocycles. The average Bonchev–Trinajstić information content (AvgIpc) is 2.18. The van der Waals surface area contributed by atoms with Gasteiger partial charge in [0.25, 0.3) is 0 Å². The van der Waals surface area contributed by atoms with Crippen LogP contribution in [0.4, 0.5) is 0 Å². The molecule has 0 radical (unpaired) electrons. The first-order chi connectivity index (χ1) is 7.09. The molecule has 1 aromatic rings. The van der Waals surface area contributed by atoms with Crippen molar-refractivity contribution in [1.82, 2.24) is 0 Å². The van der Waals surface area contributed by atoms with E-state index in [9.17, 15) is 0 Å². The van der Waals surface area contributed by atoms with Crippen LogP contribution in [0.25, 0.3) is 0 Å². The minimum absolute atomic E-state index is 0.102. The predicted molar refractivity (Wildman–Crippen MR) is 62.0 cm³/mol. The number of ether oxygens (including phenoxy) is 1. The van der Waals surface area contributed by atoms with Crippen molar-refractivity contribution in [2.24, 2.45) is 11.7 Å². The lowest BCUT2D eigenvalue weighted by Crippen LogP contribution is -2.10. The third-order valence-electron chi connectivity index (χ3n) is 1.98. The van der Waals surface area contributed by atoms with Crippen molar-refractivity contribution in [2.75, 3.05) is 6.61 Å². The Balaban J connectivity index is 2.46. The smallest absolute Gasteiger partial charge is 0.122 e. The Kier molecular flexibility index (Phi) is 4.31. The number of nitrogens with one attached hydrogen (secondary N) is 1. The van der Waals surface area contributed by atoms with Gasteiger partial charge in [0.2, 0.25) is 0 Å². The minimum Gasteiger partial charge on any atom is -0.384 e. The van der Waals surface area contributed by atoms with Crippen molar-refractivity contribution in [3.63, 3.8) is 0 Å². The van der Waals surface area contributed by atoms with Crippen molar-refractivity contribution >= 4 is 5.84 Å². The SMILES string of the molecule is CC(C)COCc1ccc(C(=N)N)cc1. The fourth-order valence-corrected chi connectivity index (χ4v) is 1.19. The van der Waals surface area contributed by atoms with Crippen LogP contribution in [0.1, 0.15) is 25.0 Å². The van der Waals surface area contributed by atoms with Crippen LogP contribution in [0.3, 0.4) is 0 Å². The molecule has 3 N–H and O–H groups in total. The summed E-state index contributed by atoms with van der Waals surface area (Å²) in [6.07, 6.45) is 0. The zero-order valence-electron chi connectivity index (χ0n) is 9.29. The number of hydrogen-bond donors (Lipinski definition) is 2. The van der Waals surface area contributed by atoms with Gasteiger partial charge in [-0.3, -0.25) is 5.41 Å². The molecule has 0 fully saturated rings. The van der Waals surface area contributed by atoms with Gasteiger partial charge in [0, 0.05) is 12.2 Å². The number of nitrogen functional groups attached to an aromatic ring is 1. The Labute approximate surface area is 90.8 Å². The van der Waals surface area contributed by atoms with Gasteiger partial charge >= 0.3 is 0 Å². The lowest BCUT2D eigenvalue weighted by molar-refractivity contribution is 0.0971. The van der Waals surface area contributed by atoms with Gasteiger partial charge in [0.1, 0.15) is 5.84 Å². The molecule has 0 amide bonds. The van der Waals surface area contributed by atoms with E-state index in [-0.39, 0.29) is 5.84 Å². The van der Waals surface area contributed by atoms with Crippen molar-refractivity contribution < 1.29 is 4.74 Å². The van der Waals surface area contributed by atoms with E-state index in [4.69, 9.17) is 15.9 Å². The summed E-state index contributed by atoms with van der Waals surface area (Å²) in [5.41, 5.74) is 7.22. The van der Waals surface area contributed by atoms with E-state index in [2.05, 4.69) is 13.8 Å². The second kappa shape index (κ2) is 5.51. The van der Waals surface area contributed by atoms with E-state index in [1.165, 1.54) is 0 Å². The standard InChI is InChI=1S/C12H18N2O/c1-9(2)7-15-8-10-3-5-11(6-4-10)12(13)14/h3-6,9H,7-8H2,1-2H3,(H3,13,14). The third-order valence-corrected chi connectivity index (χ3v) is 1.98. The summed E-state index contributed by atoms with van der Waals surface area (Å²) in [4.78, 5) is 0. The zero-order valence-corrected chi connectivity index (χ0v) is 9.29. The quantitative estimate of drug-likeness (QED) is 0.573. The summed E-state index contributed by atoms with van der Waals surface area (Å²) in [5, 5.41) is 7.25. The number of nitrogens with two attached hydrogens (primary N) is 1. The maximum atomic E-state index is 7.25. The molecule has 0 unspecified atom stereocenters. The van der Waals surface area contributed by atoms with Crippen LogP contribution in [0.2, 0.25) is 0 Å². The van der Waals surface area contributed by atoms with Crippen molar-refractivity contribution in [3.8, 4) is 0 Å². The van der Waals surface area contributed by atoms with E-state index >= 15 is 0 Å². The predicted octanol–water partition coefficient (Wildman–Crippen LogP) is 2.14. The van der Waals surface area contributed by atoms with Crippen LogP contribution in [0, 0.1) is 11.3 Å². The van der Waals surface area contributed by atoms with E-state index < -0.39 is 0 Å². The van der Waals surface area contributed by atoms with Crippen LogP contribution in [0.15, 0.2) is 24.3 Å². The van der Waals surface area contributed by atoms with Crippen molar-refractivity contribution in [2.45, 2.75) is 20.5 Å². The van der Waals surface area contributed by atoms with Gasteiger partial charge in [-0.15, -0.1) is 0 Å². The maximum absolute atomic E-state index is 7.25. The Morgan fingerprint density at radius 1 is 1.33 bits per heavy atom. The number of hydrogen-bond acceptors (Lipinski definition) is 2. The molecule has 1 rings (SSSR count). The van der Waals surface area contributed by atoms with E-state index in [1.807, 2.05) is 24.3 Å². The fraction of sp³-hybridized carbons (Fsp3) is 0.417. The molecule has 15 heavy (non-hydrogen) atoms. The molecule has 0 aliphatic carbocycles. The lowest BCUT2D eigenvalue weighted by Gasteiger charge is -2.07. The molecule has 3 heteroatoms. The van der Waals surface area contributed by atoms with Gasteiger partial charge < -0.3 is 10.5 Å². The summed E-state index contributed by atoms with van der Waals surface area (Å²) >= 11 is 0. The maximum Gasteiger partial charge on any atom is 0.122 e. The van der Waals surface area contributed by atoms with Gasteiger partial charge in [-0.2, -0.15) is 0 Å². The number of amidine groups is 1. The minimum atomic E-state index is 0.102. The second-order valence-corrected chi connectivity index (χ2v) is 4.02. The molecule has 0 aromatic heterocycles. The van der Waals surface area contributed by atoms with Gasteiger partial charge in [0.15, 0.2) is 0 Å². The fourth-order valence-electron chi connectivity index (χ4n) is 1.19. The Hall–Kier alpha value is -1.35. The highest BCUT2D eigenvalue weighted by molar-refractivity contribution is 5.94. The molecule has 0 bridgehead atoms. The summed E-state index contributed by atoms with van der Waals surface area (Å²) < 4.78 is 5.50. The van der Waals surface area contributed by atoms with Crippen LogP contribution in [-0.2, 0) is 11.3 Å². The second-order valence-electron chi connectivity index (χ2n) is 4.02. The van der Waals surface area contributed by atoms with Gasteiger partial charge in [0.05, 0.1) is 6.61 Å². The summed E-state index contributed by atoms with van der Waals surface area (Å²) in [6, 6.07) is 7.57. The summed E-state index contributed by atoms with van der Waals surface area (Å²) in [7, 11) is 0. The van der Waals surface area contributed by atoms with Crippen molar-refractivity contribution in [1.29, 1.82) is 5.41 Å².